The Balaban J connectivity index is 2.74. The molecule has 0 aromatic rings. The Morgan fingerprint density at radius 1 is 1.38 bits per heavy atom. The maximum Gasteiger partial charge on any atom is 0.0561 e. The van der Waals surface area contributed by atoms with Gasteiger partial charge >= 0.3 is 0 Å². The van der Waals surface area contributed by atoms with Gasteiger partial charge in [0.2, 0.25) is 0 Å². The van der Waals surface area contributed by atoms with Crippen LogP contribution in [0.1, 0.15) is 0 Å². The standard InChI is InChI=1S/C6H6N2/c7-8-5-6-3-1-2-4-6/h1-5,7H. The number of hydrogen-bond donors (Lipinski definition) is 1. The SMILES string of the molecule is N=NC=C1C=CC=C1. The van der Waals surface area contributed by atoms with Gasteiger partial charge < -0.3 is 0 Å². The molecule has 0 amide bonds. The normalized spacial score (nSPS) is 14.8. The van der Waals surface area contributed by atoms with Gasteiger partial charge in [-0.3, -0.25) is 0 Å². The quantitative estimate of drug-likeness (QED) is 0.496. The summed E-state index contributed by atoms with van der Waals surface area (Å²) in [6, 6.07) is 0. The second kappa shape index (κ2) is 2.21. The molecule has 1 rings (SSSR count). The van der Waals surface area contributed by atoms with E-state index in [2.05, 4.69) is 5.11 Å². The van der Waals surface area contributed by atoms with Gasteiger partial charge in [0.05, 0.1) is 6.20 Å². The molecule has 0 saturated heterocycles. The van der Waals surface area contributed by atoms with E-state index in [1.807, 2.05) is 24.3 Å². The summed E-state index contributed by atoms with van der Waals surface area (Å²) in [7, 11) is 0. The molecule has 2 nitrogen and oxygen atoms in total. The predicted molar refractivity (Wildman–Crippen MR) is 31.5 cm³/mol. The molecule has 2 heteroatoms. The van der Waals surface area contributed by atoms with Crippen LogP contribution in [0.5, 0.6) is 0 Å². The van der Waals surface area contributed by atoms with Crippen molar-refractivity contribution in [3.8, 4) is 0 Å². The highest BCUT2D eigenvalue weighted by Gasteiger charge is 1.86. The summed E-state index contributed by atoms with van der Waals surface area (Å²) in [4.78, 5) is 0. The fourth-order valence-corrected chi connectivity index (χ4v) is 0.549. The van der Waals surface area contributed by atoms with E-state index in [1.54, 1.807) is 0 Å². The molecule has 0 aliphatic heterocycles. The summed E-state index contributed by atoms with van der Waals surface area (Å²) < 4.78 is 0. The first kappa shape index (κ1) is 4.97. The van der Waals surface area contributed by atoms with Gasteiger partial charge in [0.25, 0.3) is 0 Å². The van der Waals surface area contributed by atoms with Gasteiger partial charge in [-0.25, -0.2) is 5.53 Å². The second-order valence-corrected chi connectivity index (χ2v) is 1.48. The topological polar surface area (TPSA) is 36.2 Å². The number of nitrogens with zero attached hydrogens (tertiary/aromatic N) is 1. The molecule has 0 atom stereocenters. The first-order chi connectivity index (χ1) is 3.93. The Bertz CT molecular complexity index is 161. The van der Waals surface area contributed by atoms with E-state index in [9.17, 15) is 0 Å². The molecule has 0 unspecified atom stereocenters. The van der Waals surface area contributed by atoms with E-state index in [0.717, 1.165) is 5.57 Å². The maximum atomic E-state index is 6.45. The average molecular weight is 106 g/mol. The van der Waals surface area contributed by atoms with Crippen LogP contribution < -0.4 is 0 Å². The molecule has 1 aliphatic rings. The van der Waals surface area contributed by atoms with E-state index in [0.29, 0.717) is 0 Å². The van der Waals surface area contributed by atoms with E-state index < -0.39 is 0 Å². The Hall–Kier alpha value is -1.18. The lowest BCUT2D eigenvalue weighted by Crippen LogP contribution is -1.59. The van der Waals surface area contributed by atoms with Gasteiger partial charge in [-0.2, -0.15) is 5.11 Å². The summed E-state index contributed by atoms with van der Waals surface area (Å²) in [5, 5.41) is 3.10. The highest BCUT2D eigenvalue weighted by atomic mass is 14.9. The van der Waals surface area contributed by atoms with Crippen LogP contribution in [0, 0.1) is 5.53 Å². The summed E-state index contributed by atoms with van der Waals surface area (Å²) >= 11 is 0. The minimum Gasteiger partial charge on any atom is -0.205 e. The third-order valence-electron chi connectivity index (χ3n) is 0.902. The van der Waals surface area contributed by atoms with Crippen molar-refractivity contribution in [3.05, 3.63) is 36.1 Å². The molecule has 0 spiro atoms. The molecule has 0 bridgehead atoms. The molecule has 8 heavy (non-hydrogen) atoms. The Labute approximate surface area is 47.7 Å². The van der Waals surface area contributed by atoms with Crippen LogP contribution in [-0.4, -0.2) is 0 Å². The van der Waals surface area contributed by atoms with E-state index >= 15 is 0 Å². The molecule has 0 saturated carbocycles. The smallest absolute Gasteiger partial charge is 0.0561 e. The number of hydrogen-bond acceptors (Lipinski definition) is 2. The second-order valence-electron chi connectivity index (χ2n) is 1.48. The van der Waals surface area contributed by atoms with Crippen LogP contribution in [-0.2, 0) is 0 Å². The molecular weight excluding hydrogens is 100 g/mol. The molecule has 1 aliphatic carbocycles. The predicted octanol–water partition coefficient (Wildman–Crippen LogP) is 2.03. The summed E-state index contributed by atoms with van der Waals surface area (Å²) in [6.45, 7) is 0. The van der Waals surface area contributed by atoms with Gasteiger partial charge in [-0.1, -0.05) is 24.3 Å². The minimum atomic E-state index is 0.986. The van der Waals surface area contributed by atoms with E-state index in [-0.39, 0.29) is 0 Å². The maximum absolute atomic E-state index is 6.45. The van der Waals surface area contributed by atoms with Crippen molar-refractivity contribution in [2.24, 2.45) is 5.11 Å². The van der Waals surface area contributed by atoms with Crippen LogP contribution in [0.25, 0.3) is 0 Å². The molecule has 0 aromatic carbocycles. The summed E-state index contributed by atoms with van der Waals surface area (Å²) in [5.74, 6) is 0. The van der Waals surface area contributed by atoms with Crippen LogP contribution in [0.3, 0.4) is 0 Å². The highest BCUT2D eigenvalue weighted by Crippen LogP contribution is 2.05. The molecule has 0 aromatic heterocycles. The van der Waals surface area contributed by atoms with Gasteiger partial charge in [0.1, 0.15) is 0 Å². The number of allylic oxidation sites excluding steroid dienone is 5. The lowest BCUT2D eigenvalue weighted by atomic mass is 10.3. The zero-order valence-corrected chi connectivity index (χ0v) is 4.33. The van der Waals surface area contributed by atoms with Crippen LogP contribution in [0.2, 0.25) is 0 Å². The Kier molecular flexibility index (Phi) is 1.37. The molecule has 40 valence electrons. The average Bonchev–Trinajstić information content (AvgIpc) is 2.19. The van der Waals surface area contributed by atoms with E-state index in [4.69, 9.17) is 5.53 Å². The molecule has 0 heterocycles. The van der Waals surface area contributed by atoms with Crippen molar-refractivity contribution in [2.45, 2.75) is 0 Å². The lowest BCUT2D eigenvalue weighted by Gasteiger charge is -1.78. The van der Waals surface area contributed by atoms with Crippen molar-refractivity contribution in [1.82, 2.24) is 0 Å². The minimum absolute atomic E-state index is 0.986. The zero-order valence-electron chi connectivity index (χ0n) is 4.33. The van der Waals surface area contributed by atoms with Crippen LogP contribution in [0.4, 0.5) is 0 Å². The molecule has 0 fully saturated rings. The molecule has 0 radical (unpaired) electrons. The van der Waals surface area contributed by atoms with Gasteiger partial charge in [-0.05, 0) is 5.57 Å². The van der Waals surface area contributed by atoms with Gasteiger partial charge in [0.15, 0.2) is 0 Å². The van der Waals surface area contributed by atoms with Crippen molar-refractivity contribution in [3.63, 3.8) is 0 Å². The van der Waals surface area contributed by atoms with E-state index in [1.165, 1.54) is 6.20 Å². The highest BCUT2D eigenvalue weighted by molar-refractivity contribution is 5.39. The number of nitrogens with one attached hydrogen (secondary N) is 1. The first-order valence-electron chi connectivity index (χ1n) is 2.35. The zero-order chi connectivity index (χ0) is 5.82. The Morgan fingerprint density at radius 3 is 2.50 bits per heavy atom. The fourth-order valence-electron chi connectivity index (χ4n) is 0.549. The van der Waals surface area contributed by atoms with Crippen molar-refractivity contribution < 1.29 is 0 Å². The third kappa shape index (κ3) is 0.904. The van der Waals surface area contributed by atoms with Crippen LogP contribution >= 0.6 is 0 Å². The van der Waals surface area contributed by atoms with Gasteiger partial charge in [0, 0.05) is 0 Å². The van der Waals surface area contributed by atoms with Crippen LogP contribution in [0.15, 0.2) is 41.2 Å². The largest absolute Gasteiger partial charge is 0.205 e. The number of rotatable bonds is 1. The van der Waals surface area contributed by atoms with Gasteiger partial charge in [-0.15, -0.1) is 0 Å². The fraction of sp³-hybridized carbons (Fsp3) is 0. The van der Waals surface area contributed by atoms with Crippen molar-refractivity contribution >= 4 is 0 Å². The molecule has 1 N–H and O–H groups in total. The summed E-state index contributed by atoms with van der Waals surface area (Å²) in [6.07, 6.45) is 9.13. The Morgan fingerprint density at radius 2 is 2.00 bits per heavy atom. The lowest BCUT2D eigenvalue weighted by molar-refractivity contribution is 1.14. The molecular formula is C6H6N2. The van der Waals surface area contributed by atoms with Crippen molar-refractivity contribution in [1.29, 1.82) is 5.53 Å². The first-order valence-corrected chi connectivity index (χ1v) is 2.35. The van der Waals surface area contributed by atoms with Crippen molar-refractivity contribution in [2.75, 3.05) is 0 Å². The third-order valence-corrected chi connectivity index (χ3v) is 0.902. The monoisotopic (exact) mass is 106 g/mol. The summed E-state index contributed by atoms with van der Waals surface area (Å²) in [5.41, 5.74) is 7.43.